The molecule has 2 rings (SSSR count). The predicted octanol–water partition coefficient (Wildman–Crippen LogP) is 2.84. The molecule has 1 amide bonds. The molecule has 0 unspecified atom stereocenters. The van der Waals surface area contributed by atoms with Crippen molar-refractivity contribution in [2.45, 2.75) is 25.7 Å². The largest absolute Gasteiger partial charge is 0.356 e. The Morgan fingerprint density at radius 1 is 1.28 bits per heavy atom. The average molecular weight is 247 g/mol. The summed E-state index contributed by atoms with van der Waals surface area (Å²) in [6.45, 7) is 0.616. The summed E-state index contributed by atoms with van der Waals surface area (Å²) in [4.78, 5) is 11.8. The molecular weight excluding hydrogens is 229 g/mol. The van der Waals surface area contributed by atoms with Crippen LogP contribution in [0.3, 0.4) is 0 Å². The zero-order valence-corrected chi connectivity index (χ0v) is 10.4. The lowest BCUT2D eigenvalue weighted by atomic mass is 9.93. The van der Waals surface area contributed by atoms with E-state index < -0.39 is 0 Å². The van der Waals surface area contributed by atoms with E-state index in [1.165, 1.54) is 12.1 Å². The third-order valence-corrected chi connectivity index (χ3v) is 3.27. The van der Waals surface area contributed by atoms with Gasteiger partial charge in [-0.15, -0.1) is 0 Å². The summed E-state index contributed by atoms with van der Waals surface area (Å²) >= 11 is 0. The highest BCUT2D eigenvalue weighted by Gasteiger charge is 2.17. The van der Waals surface area contributed by atoms with Crippen molar-refractivity contribution < 1.29 is 9.18 Å². The minimum atomic E-state index is -0.225. The summed E-state index contributed by atoms with van der Waals surface area (Å²) < 4.78 is 12.7. The lowest BCUT2D eigenvalue weighted by Crippen LogP contribution is -2.32. The van der Waals surface area contributed by atoms with Crippen LogP contribution in [-0.4, -0.2) is 12.5 Å². The molecule has 0 saturated heterocycles. The van der Waals surface area contributed by atoms with Crippen LogP contribution in [0.4, 0.5) is 4.39 Å². The summed E-state index contributed by atoms with van der Waals surface area (Å²) in [7, 11) is 0. The van der Waals surface area contributed by atoms with Crippen LogP contribution in [0.1, 0.15) is 24.8 Å². The second kappa shape index (κ2) is 6.34. The topological polar surface area (TPSA) is 29.1 Å². The Balaban J connectivity index is 1.73. The SMILES string of the molecule is O=C(NCCc1ccc(F)cc1)[C@@H]1CC=CCC1. The fourth-order valence-electron chi connectivity index (χ4n) is 2.16. The maximum absolute atomic E-state index is 12.7. The van der Waals surface area contributed by atoms with E-state index >= 15 is 0 Å². The minimum absolute atomic E-state index is 0.128. The number of rotatable bonds is 4. The van der Waals surface area contributed by atoms with Gasteiger partial charge in [0, 0.05) is 12.5 Å². The van der Waals surface area contributed by atoms with Gasteiger partial charge in [-0.1, -0.05) is 24.3 Å². The van der Waals surface area contributed by atoms with Crippen molar-refractivity contribution in [2.75, 3.05) is 6.54 Å². The maximum Gasteiger partial charge on any atom is 0.223 e. The monoisotopic (exact) mass is 247 g/mol. The maximum atomic E-state index is 12.7. The number of hydrogen-bond donors (Lipinski definition) is 1. The first-order chi connectivity index (χ1) is 8.75. The number of nitrogens with one attached hydrogen (secondary N) is 1. The number of amides is 1. The first kappa shape index (κ1) is 12.8. The van der Waals surface area contributed by atoms with E-state index in [-0.39, 0.29) is 17.6 Å². The number of hydrogen-bond acceptors (Lipinski definition) is 1. The van der Waals surface area contributed by atoms with Gasteiger partial charge >= 0.3 is 0 Å². The highest BCUT2D eigenvalue weighted by Crippen LogP contribution is 2.17. The molecule has 1 aromatic rings. The fraction of sp³-hybridized carbons (Fsp3) is 0.400. The van der Waals surface area contributed by atoms with Gasteiger partial charge in [0.05, 0.1) is 0 Å². The van der Waals surface area contributed by atoms with Crippen LogP contribution in [-0.2, 0) is 11.2 Å². The molecule has 1 aliphatic rings. The van der Waals surface area contributed by atoms with Gasteiger partial charge in [-0.3, -0.25) is 4.79 Å². The third-order valence-electron chi connectivity index (χ3n) is 3.27. The minimum Gasteiger partial charge on any atom is -0.356 e. The molecule has 0 bridgehead atoms. The van der Waals surface area contributed by atoms with Crippen LogP contribution in [0.5, 0.6) is 0 Å². The number of benzene rings is 1. The van der Waals surface area contributed by atoms with E-state index in [0.717, 1.165) is 31.2 Å². The Hall–Kier alpha value is -1.64. The van der Waals surface area contributed by atoms with Crippen LogP contribution in [0.2, 0.25) is 0 Å². The highest BCUT2D eigenvalue weighted by molar-refractivity contribution is 5.78. The summed E-state index contributed by atoms with van der Waals surface area (Å²) in [6.07, 6.45) is 7.74. The molecule has 1 atom stereocenters. The van der Waals surface area contributed by atoms with Crippen LogP contribution >= 0.6 is 0 Å². The van der Waals surface area contributed by atoms with Crippen molar-refractivity contribution in [3.63, 3.8) is 0 Å². The molecule has 0 radical (unpaired) electrons. The van der Waals surface area contributed by atoms with Crippen LogP contribution in [0.15, 0.2) is 36.4 Å². The molecule has 1 aliphatic carbocycles. The molecule has 0 spiro atoms. The molecule has 0 aromatic heterocycles. The fourth-order valence-corrected chi connectivity index (χ4v) is 2.16. The van der Waals surface area contributed by atoms with Crippen LogP contribution < -0.4 is 5.32 Å². The van der Waals surface area contributed by atoms with Crippen molar-refractivity contribution in [3.05, 3.63) is 47.8 Å². The van der Waals surface area contributed by atoms with Crippen molar-refractivity contribution in [1.82, 2.24) is 5.32 Å². The molecule has 3 heteroatoms. The van der Waals surface area contributed by atoms with Gasteiger partial charge in [-0.05, 0) is 43.4 Å². The molecule has 0 heterocycles. The predicted molar refractivity (Wildman–Crippen MR) is 69.6 cm³/mol. The van der Waals surface area contributed by atoms with E-state index in [9.17, 15) is 9.18 Å². The Bertz CT molecular complexity index is 425. The Morgan fingerprint density at radius 2 is 2.06 bits per heavy atom. The second-order valence-corrected chi connectivity index (χ2v) is 4.65. The summed E-state index contributed by atoms with van der Waals surface area (Å²) in [5.74, 6) is 0.0430. The van der Waals surface area contributed by atoms with Gasteiger partial charge < -0.3 is 5.32 Å². The smallest absolute Gasteiger partial charge is 0.223 e. The molecule has 1 N–H and O–H groups in total. The van der Waals surface area contributed by atoms with E-state index in [4.69, 9.17) is 0 Å². The highest BCUT2D eigenvalue weighted by atomic mass is 19.1. The van der Waals surface area contributed by atoms with Gasteiger partial charge in [0.2, 0.25) is 5.91 Å². The Morgan fingerprint density at radius 3 is 2.72 bits per heavy atom. The van der Waals surface area contributed by atoms with Crippen molar-refractivity contribution in [3.8, 4) is 0 Å². The Labute approximate surface area is 107 Å². The molecule has 18 heavy (non-hydrogen) atoms. The van der Waals surface area contributed by atoms with Gasteiger partial charge in [0.25, 0.3) is 0 Å². The second-order valence-electron chi connectivity index (χ2n) is 4.65. The molecular formula is C15H18FNO. The standard InChI is InChI=1S/C15H18FNO/c16-14-8-6-12(7-9-14)10-11-17-15(18)13-4-2-1-3-5-13/h1-2,6-9,13H,3-5,10-11H2,(H,17,18)/t13-/m1/s1. The van der Waals surface area contributed by atoms with E-state index in [1.54, 1.807) is 12.1 Å². The third kappa shape index (κ3) is 3.69. The molecule has 0 saturated carbocycles. The number of allylic oxidation sites excluding steroid dienone is 2. The normalized spacial score (nSPS) is 18.6. The lowest BCUT2D eigenvalue weighted by Gasteiger charge is -2.17. The first-order valence-electron chi connectivity index (χ1n) is 6.43. The van der Waals surface area contributed by atoms with Gasteiger partial charge in [-0.25, -0.2) is 4.39 Å². The van der Waals surface area contributed by atoms with Gasteiger partial charge in [0.15, 0.2) is 0 Å². The molecule has 0 fully saturated rings. The molecule has 96 valence electrons. The number of carbonyl (C=O) groups excluding carboxylic acids is 1. The molecule has 2 nitrogen and oxygen atoms in total. The van der Waals surface area contributed by atoms with Gasteiger partial charge in [0.1, 0.15) is 5.82 Å². The zero-order chi connectivity index (χ0) is 12.8. The number of carbonyl (C=O) groups is 1. The number of halogens is 1. The quantitative estimate of drug-likeness (QED) is 0.814. The summed E-state index contributed by atoms with van der Waals surface area (Å²) in [6, 6.07) is 6.40. The average Bonchev–Trinajstić information content (AvgIpc) is 2.42. The van der Waals surface area contributed by atoms with Crippen molar-refractivity contribution in [2.24, 2.45) is 5.92 Å². The first-order valence-corrected chi connectivity index (χ1v) is 6.43. The van der Waals surface area contributed by atoms with Gasteiger partial charge in [-0.2, -0.15) is 0 Å². The van der Waals surface area contributed by atoms with E-state index in [2.05, 4.69) is 17.5 Å². The van der Waals surface area contributed by atoms with Crippen molar-refractivity contribution >= 4 is 5.91 Å². The summed E-state index contributed by atoms with van der Waals surface area (Å²) in [5, 5.41) is 2.95. The lowest BCUT2D eigenvalue weighted by molar-refractivity contribution is -0.125. The molecule has 1 aromatic carbocycles. The van der Waals surface area contributed by atoms with Crippen LogP contribution in [0, 0.1) is 11.7 Å². The summed E-state index contributed by atoms with van der Waals surface area (Å²) in [5.41, 5.74) is 1.04. The van der Waals surface area contributed by atoms with Crippen molar-refractivity contribution in [1.29, 1.82) is 0 Å². The Kier molecular flexibility index (Phi) is 4.51. The van der Waals surface area contributed by atoms with Crippen LogP contribution in [0.25, 0.3) is 0 Å². The van der Waals surface area contributed by atoms with E-state index in [1.807, 2.05) is 0 Å². The molecule has 0 aliphatic heterocycles. The zero-order valence-electron chi connectivity index (χ0n) is 10.4. The van der Waals surface area contributed by atoms with E-state index in [0.29, 0.717) is 6.54 Å².